The zero-order chi connectivity index (χ0) is 23.7. The first-order valence-electron chi connectivity index (χ1n) is 12.2. The number of nitrogens with zero attached hydrogens (tertiary/aromatic N) is 1. The fraction of sp³-hybridized carbons (Fsp3) is 0.536. The highest BCUT2D eigenvalue weighted by molar-refractivity contribution is 5.90. The molecule has 0 aliphatic carbocycles. The lowest BCUT2D eigenvalue weighted by Crippen LogP contribution is -3.00. The van der Waals surface area contributed by atoms with Gasteiger partial charge in [0.25, 0.3) is 0 Å². The molecule has 0 fully saturated rings. The van der Waals surface area contributed by atoms with Gasteiger partial charge in [-0.15, -0.1) is 0 Å². The maximum atomic E-state index is 10.3. The first-order chi connectivity index (χ1) is 15.4. The van der Waals surface area contributed by atoms with Crippen molar-refractivity contribution < 1.29 is 31.9 Å². The molecule has 0 unspecified atom stereocenters. The number of hydrogen-bond acceptors (Lipinski definition) is 2. The van der Waals surface area contributed by atoms with Crippen molar-refractivity contribution in [3.05, 3.63) is 65.7 Å². The third-order valence-electron chi connectivity index (χ3n) is 5.70. The minimum Gasteiger partial charge on any atom is -1.00 e. The number of rotatable bonds is 14. The Labute approximate surface area is 207 Å². The van der Waals surface area contributed by atoms with Crippen LogP contribution in [-0.4, -0.2) is 41.3 Å². The minimum absolute atomic E-state index is 0. The van der Waals surface area contributed by atoms with Crippen molar-refractivity contribution in [1.82, 2.24) is 0 Å². The average Bonchev–Trinajstić information content (AvgIpc) is 2.76. The van der Waals surface area contributed by atoms with E-state index in [1.54, 1.807) is 12.1 Å². The fourth-order valence-corrected chi connectivity index (χ4v) is 3.84. The van der Waals surface area contributed by atoms with Crippen LogP contribution in [0, 0.1) is 0 Å². The molecule has 0 bridgehead atoms. The number of para-hydroxylation sites is 1. The molecule has 0 atom stereocenters. The number of benzene rings is 2. The van der Waals surface area contributed by atoms with E-state index in [-0.39, 0.29) is 23.7 Å². The summed E-state index contributed by atoms with van der Waals surface area (Å²) in [7, 11) is 4.72. The van der Waals surface area contributed by atoms with Crippen LogP contribution in [0.2, 0.25) is 0 Å². The number of aromatic carboxylic acids is 1. The molecule has 0 saturated heterocycles. The van der Waals surface area contributed by atoms with Crippen LogP contribution in [0.3, 0.4) is 0 Å². The number of unbranched alkanes of at least 4 members (excludes halogenated alkanes) is 9. The Bertz CT molecular complexity index is 750. The molecule has 0 aliphatic heterocycles. The molecule has 2 N–H and O–H groups in total. The molecular weight excluding hydrogens is 434 g/mol. The average molecular weight is 478 g/mol. The van der Waals surface area contributed by atoms with Crippen molar-refractivity contribution in [2.24, 2.45) is 0 Å². The third-order valence-corrected chi connectivity index (χ3v) is 5.70. The van der Waals surface area contributed by atoms with Crippen molar-refractivity contribution in [3.63, 3.8) is 0 Å². The number of halogens is 1. The number of aromatic hydroxyl groups is 1. The molecule has 186 valence electrons. The molecule has 0 spiro atoms. The first kappa shape index (κ1) is 31.0. The Morgan fingerprint density at radius 3 is 1.73 bits per heavy atom. The second-order valence-corrected chi connectivity index (χ2v) is 9.31. The second kappa shape index (κ2) is 18.4. The lowest BCUT2D eigenvalue weighted by molar-refractivity contribution is -0.903. The van der Waals surface area contributed by atoms with E-state index in [1.165, 1.54) is 88.4 Å². The monoisotopic (exact) mass is 477 g/mol. The van der Waals surface area contributed by atoms with E-state index >= 15 is 0 Å². The molecule has 2 rings (SSSR count). The molecule has 0 saturated carbocycles. The number of quaternary nitrogens is 1. The van der Waals surface area contributed by atoms with Gasteiger partial charge in [-0.1, -0.05) is 101 Å². The van der Waals surface area contributed by atoms with Crippen molar-refractivity contribution in [1.29, 1.82) is 0 Å². The van der Waals surface area contributed by atoms with E-state index in [0.29, 0.717) is 0 Å². The van der Waals surface area contributed by atoms with Crippen LogP contribution < -0.4 is 12.4 Å². The van der Waals surface area contributed by atoms with Gasteiger partial charge in [-0.25, -0.2) is 4.79 Å². The van der Waals surface area contributed by atoms with Crippen LogP contribution in [0.1, 0.15) is 87.1 Å². The molecule has 0 radical (unpaired) electrons. The summed E-state index contributed by atoms with van der Waals surface area (Å²) in [6.45, 7) is 4.74. The maximum absolute atomic E-state index is 10.3. The lowest BCUT2D eigenvalue weighted by atomic mass is 10.1. The van der Waals surface area contributed by atoms with Crippen LogP contribution >= 0.6 is 0 Å². The van der Waals surface area contributed by atoms with Gasteiger partial charge in [0.2, 0.25) is 0 Å². The van der Waals surface area contributed by atoms with Gasteiger partial charge in [-0.2, -0.15) is 0 Å². The van der Waals surface area contributed by atoms with Crippen molar-refractivity contribution >= 4 is 5.97 Å². The van der Waals surface area contributed by atoms with Gasteiger partial charge in [0, 0.05) is 5.56 Å². The highest BCUT2D eigenvalue weighted by atomic mass is 35.5. The summed E-state index contributed by atoms with van der Waals surface area (Å²) in [6, 6.07) is 16.7. The van der Waals surface area contributed by atoms with Gasteiger partial charge in [0.1, 0.15) is 17.9 Å². The normalized spacial score (nSPS) is 10.6. The van der Waals surface area contributed by atoms with Crippen molar-refractivity contribution in [3.8, 4) is 5.75 Å². The van der Waals surface area contributed by atoms with E-state index in [1.807, 2.05) is 0 Å². The molecule has 4 nitrogen and oxygen atoms in total. The standard InChI is InChI=1S/C21H38N.C7H6O3.ClH/c1-4-5-6-7-8-9-10-11-12-16-19-22(2,3)20-21-17-14-13-15-18-21;8-6-4-2-1-3-5(6)7(9)10;/h13-15,17-18H,4-12,16,19-20H2,1-3H3;1-4,8H,(H,9,10);1H/q+1;;/p-1. The molecule has 0 aromatic heterocycles. The quantitative estimate of drug-likeness (QED) is 0.315. The van der Waals surface area contributed by atoms with Crippen molar-refractivity contribution in [2.75, 3.05) is 20.6 Å². The Morgan fingerprint density at radius 2 is 1.24 bits per heavy atom. The lowest BCUT2D eigenvalue weighted by Gasteiger charge is -2.30. The van der Waals surface area contributed by atoms with E-state index < -0.39 is 5.97 Å². The molecule has 5 heteroatoms. The molecular formula is C28H44ClNO3. The maximum Gasteiger partial charge on any atom is 0.339 e. The van der Waals surface area contributed by atoms with Crippen LogP contribution in [0.15, 0.2) is 54.6 Å². The van der Waals surface area contributed by atoms with E-state index in [4.69, 9.17) is 10.2 Å². The Balaban J connectivity index is 0.000000779. The minimum atomic E-state index is -1.11. The van der Waals surface area contributed by atoms with E-state index in [0.717, 1.165) is 11.0 Å². The summed E-state index contributed by atoms with van der Waals surface area (Å²) in [4.78, 5) is 10.3. The van der Waals surface area contributed by atoms with E-state index in [9.17, 15) is 4.79 Å². The van der Waals surface area contributed by atoms with Gasteiger partial charge in [-0.3, -0.25) is 0 Å². The van der Waals surface area contributed by atoms with Gasteiger partial charge in [-0.05, 0) is 25.0 Å². The van der Waals surface area contributed by atoms with Crippen LogP contribution in [0.4, 0.5) is 0 Å². The number of hydrogen-bond donors (Lipinski definition) is 2. The van der Waals surface area contributed by atoms with Crippen LogP contribution in [0.25, 0.3) is 0 Å². The van der Waals surface area contributed by atoms with Crippen LogP contribution in [-0.2, 0) is 6.54 Å². The molecule has 0 heterocycles. The largest absolute Gasteiger partial charge is 1.00 e. The summed E-state index contributed by atoms with van der Waals surface area (Å²) in [5, 5.41) is 17.3. The summed E-state index contributed by atoms with van der Waals surface area (Å²) in [5.74, 6) is -1.31. The van der Waals surface area contributed by atoms with Gasteiger partial charge in [0.15, 0.2) is 0 Å². The summed E-state index contributed by atoms with van der Waals surface area (Å²) >= 11 is 0. The topological polar surface area (TPSA) is 57.5 Å². The number of phenols is 1. The molecule has 0 aliphatic rings. The Kier molecular flexibility index (Phi) is 17.3. The molecule has 0 amide bonds. The second-order valence-electron chi connectivity index (χ2n) is 9.31. The van der Waals surface area contributed by atoms with Crippen molar-refractivity contribution in [2.45, 2.75) is 77.7 Å². The molecule has 33 heavy (non-hydrogen) atoms. The molecule has 2 aromatic rings. The number of carbonyl (C=O) groups is 1. The summed E-state index contributed by atoms with van der Waals surface area (Å²) in [5.41, 5.74) is 1.39. The SMILES string of the molecule is CCCCCCCCCCCC[N+](C)(C)Cc1ccccc1.O=C(O)c1ccccc1O.[Cl-]. The van der Waals surface area contributed by atoms with Gasteiger partial charge in [0.05, 0.1) is 20.6 Å². The smallest absolute Gasteiger partial charge is 0.339 e. The Morgan fingerprint density at radius 1 is 0.758 bits per heavy atom. The number of carboxylic acid groups (broad SMARTS) is 1. The zero-order valence-corrected chi connectivity index (χ0v) is 21.6. The summed E-state index contributed by atoms with van der Waals surface area (Å²) in [6.07, 6.45) is 14.2. The highest BCUT2D eigenvalue weighted by Crippen LogP contribution is 2.15. The predicted octanol–water partition coefficient (Wildman–Crippen LogP) is 4.28. The highest BCUT2D eigenvalue weighted by Gasteiger charge is 2.14. The first-order valence-corrected chi connectivity index (χ1v) is 12.2. The Hall–Kier alpha value is -2.04. The number of carboxylic acids is 1. The summed E-state index contributed by atoms with van der Waals surface area (Å²) < 4.78 is 1.11. The van der Waals surface area contributed by atoms with E-state index in [2.05, 4.69) is 51.4 Å². The van der Waals surface area contributed by atoms with Gasteiger partial charge >= 0.3 is 5.97 Å². The van der Waals surface area contributed by atoms with Gasteiger partial charge < -0.3 is 27.1 Å². The third kappa shape index (κ3) is 15.4. The predicted molar refractivity (Wildman–Crippen MR) is 134 cm³/mol. The van der Waals surface area contributed by atoms with Crippen LogP contribution in [0.5, 0.6) is 5.75 Å². The fourth-order valence-electron chi connectivity index (χ4n) is 3.84. The zero-order valence-electron chi connectivity index (χ0n) is 20.8. The molecule has 2 aromatic carbocycles.